The molecule has 0 saturated heterocycles. The van der Waals surface area contributed by atoms with Crippen LogP contribution in [0, 0.1) is 5.82 Å². The molecule has 7 nitrogen and oxygen atoms in total. The average molecular weight is 572 g/mol. The predicted octanol–water partition coefficient (Wildman–Crippen LogP) is 4.50. The fourth-order valence-corrected chi connectivity index (χ4v) is 4.59. The molecule has 4 aromatic rings. The summed E-state index contributed by atoms with van der Waals surface area (Å²) >= 11 is 0. The van der Waals surface area contributed by atoms with Gasteiger partial charge in [-0.25, -0.2) is 4.39 Å². The number of nitrogens with one attached hydrogen (secondary N) is 3. The third-order valence-electron chi connectivity index (χ3n) is 6.67. The molecule has 4 rings (SSSR count). The highest BCUT2D eigenvalue weighted by Gasteiger charge is 2.31. The molecule has 1 amide bonds. The molecule has 0 saturated carbocycles. The second-order valence-electron chi connectivity index (χ2n) is 9.89. The molecule has 41 heavy (non-hydrogen) atoms. The van der Waals surface area contributed by atoms with Gasteiger partial charge in [0.15, 0.2) is 0 Å². The molecule has 0 unspecified atom stereocenters. The van der Waals surface area contributed by atoms with Crippen molar-refractivity contribution in [1.29, 1.82) is 0 Å². The summed E-state index contributed by atoms with van der Waals surface area (Å²) in [6.45, 7) is 1.76. The molecular weight excluding hydrogens is 542 g/mol. The van der Waals surface area contributed by atoms with Crippen LogP contribution in [0.4, 0.5) is 17.6 Å². The van der Waals surface area contributed by atoms with Crippen molar-refractivity contribution >= 4 is 16.8 Å². The fourth-order valence-electron chi connectivity index (χ4n) is 4.59. The molecule has 0 spiro atoms. The lowest BCUT2D eigenvalue weighted by atomic mass is 10.0. The van der Waals surface area contributed by atoms with E-state index in [1.54, 1.807) is 24.3 Å². The van der Waals surface area contributed by atoms with Crippen LogP contribution in [-0.4, -0.2) is 33.7 Å². The first-order valence-electron chi connectivity index (χ1n) is 12.9. The van der Waals surface area contributed by atoms with Gasteiger partial charge in [0.25, 0.3) is 0 Å². The van der Waals surface area contributed by atoms with Crippen molar-refractivity contribution < 1.29 is 32.6 Å². The van der Waals surface area contributed by atoms with Crippen molar-refractivity contribution in [2.45, 2.75) is 44.6 Å². The van der Waals surface area contributed by atoms with E-state index in [0.717, 1.165) is 11.6 Å². The SMILES string of the molecule is C[C@H](Cc1cccc(CC(=O)NCc2cc(C(F)(F)F)ccc2F)c1)NC[C@H](O)c1ccc(O)c2[nH]c(=O)ccc12. The summed E-state index contributed by atoms with van der Waals surface area (Å²) in [6, 6.07) is 15.1. The van der Waals surface area contributed by atoms with Crippen LogP contribution in [0.25, 0.3) is 10.9 Å². The Morgan fingerprint density at radius 1 is 1.02 bits per heavy atom. The molecule has 1 aromatic heterocycles. The molecule has 2 atom stereocenters. The number of phenols is 1. The van der Waals surface area contributed by atoms with Crippen LogP contribution in [0.1, 0.15) is 40.8 Å². The Kier molecular flexibility index (Phi) is 9.09. The number of H-pyrrole nitrogens is 1. The van der Waals surface area contributed by atoms with Gasteiger partial charge in [-0.3, -0.25) is 9.59 Å². The summed E-state index contributed by atoms with van der Waals surface area (Å²) in [4.78, 5) is 26.6. The first-order chi connectivity index (χ1) is 19.4. The number of phenolic OH excluding ortho intramolecular Hbond substituents is 1. The van der Waals surface area contributed by atoms with Gasteiger partial charge >= 0.3 is 6.18 Å². The maximum absolute atomic E-state index is 14.0. The number of hydrogen-bond acceptors (Lipinski definition) is 5. The molecule has 0 bridgehead atoms. The highest BCUT2D eigenvalue weighted by molar-refractivity contribution is 5.87. The van der Waals surface area contributed by atoms with E-state index in [4.69, 9.17) is 0 Å². The highest BCUT2D eigenvalue weighted by atomic mass is 19.4. The number of carbonyl (C=O) groups excluding carboxylic acids is 1. The minimum absolute atomic E-state index is 0.0367. The van der Waals surface area contributed by atoms with Gasteiger partial charge in [0.1, 0.15) is 11.6 Å². The number of halogens is 4. The minimum atomic E-state index is -4.61. The molecular formula is C30H29F4N3O4. The van der Waals surface area contributed by atoms with Gasteiger partial charge in [0.05, 0.1) is 23.6 Å². The molecule has 216 valence electrons. The molecule has 3 aromatic carbocycles. The molecule has 0 aliphatic heterocycles. The van der Waals surface area contributed by atoms with Crippen molar-refractivity contribution in [2.24, 2.45) is 0 Å². The van der Waals surface area contributed by atoms with E-state index >= 15 is 0 Å². The maximum Gasteiger partial charge on any atom is 0.416 e. The summed E-state index contributed by atoms with van der Waals surface area (Å²) < 4.78 is 52.7. The van der Waals surface area contributed by atoms with E-state index in [0.29, 0.717) is 35.1 Å². The zero-order valence-corrected chi connectivity index (χ0v) is 22.1. The lowest BCUT2D eigenvalue weighted by Gasteiger charge is -2.19. The zero-order valence-electron chi connectivity index (χ0n) is 22.1. The smallest absolute Gasteiger partial charge is 0.416 e. The van der Waals surface area contributed by atoms with Crippen LogP contribution >= 0.6 is 0 Å². The zero-order chi connectivity index (χ0) is 29.7. The Morgan fingerprint density at radius 3 is 2.54 bits per heavy atom. The number of hydrogen-bond donors (Lipinski definition) is 5. The number of aromatic amines is 1. The van der Waals surface area contributed by atoms with Crippen molar-refractivity contribution in [3.05, 3.63) is 111 Å². The third kappa shape index (κ3) is 7.71. The quantitative estimate of drug-likeness (QED) is 0.180. The van der Waals surface area contributed by atoms with E-state index in [-0.39, 0.29) is 47.9 Å². The van der Waals surface area contributed by atoms with Crippen LogP contribution in [0.2, 0.25) is 0 Å². The van der Waals surface area contributed by atoms with Crippen LogP contribution in [0.5, 0.6) is 5.75 Å². The largest absolute Gasteiger partial charge is 0.506 e. The number of fused-ring (bicyclic) bond motifs is 1. The normalized spacial score (nSPS) is 13.2. The number of amides is 1. The molecule has 5 N–H and O–H groups in total. The van der Waals surface area contributed by atoms with Crippen LogP contribution < -0.4 is 16.2 Å². The Labute approximate surface area is 232 Å². The number of aliphatic hydroxyl groups excluding tert-OH is 1. The fraction of sp³-hybridized carbons (Fsp3) is 0.267. The van der Waals surface area contributed by atoms with E-state index in [1.165, 1.54) is 12.1 Å². The van der Waals surface area contributed by atoms with Gasteiger partial charge in [-0.1, -0.05) is 30.3 Å². The topological polar surface area (TPSA) is 114 Å². The molecule has 0 radical (unpaired) electrons. The second-order valence-corrected chi connectivity index (χ2v) is 9.89. The lowest BCUT2D eigenvalue weighted by Crippen LogP contribution is -2.32. The number of aromatic nitrogens is 1. The molecule has 0 aliphatic rings. The summed E-state index contributed by atoms with van der Waals surface area (Å²) in [5.41, 5.74) is 0.796. The van der Waals surface area contributed by atoms with Gasteiger partial charge in [-0.15, -0.1) is 0 Å². The maximum atomic E-state index is 14.0. The summed E-state index contributed by atoms with van der Waals surface area (Å²) in [6.07, 6.45) is -4.99. The van der Waals surface area contributed by atoms with Crippen LogP contribution in [0.3, 0.4) is 0 Å². The number of rotatable bonds is 10. The lowest BCUT2D eigenvalue weighted by molar-refractivity contribution is -0.137. The van der Waals surface area contributed by atoms with Crippen molar-refractivity contribution in [2.75, 3.05) is 6.54 Å². The number of aliphatic hydroxyl groups is 1. The second kappa shape index (κ2) is 12.5. The van der Waals surface area contributed by atoms with E-state index in [1.807, 2.05) is 19.1 Å². The number of carbonyl (C=O) groups is 1. The first-order valence-corrected chi connectivity index (χ1v) is 12.9. The van der Waals surface area contributed by atoms with Gasteiger partial charge in [0, 0.05) is 36.1 Å². The Balaban J connectivity index is 1.31. The van der Waals surface area contributed by atoms with Gasteiger partial charge in [-0.2, -0.15) is 13.2 Å². The molecule has 0 aliphatic carbocycles. The Bertz CT molecular complexity index is 1600. The van der Waals surface area contributed by atoms with Crippen molar-refractivity contribution in [3.63, 3.8) is 0 Å². The summed E-state index contributed by atoms with van der Waals surface area (Å²) in [5.74, 6) is -1.39. The number of aromatic hydroxyl groups is 1. The van der Waals surface area contributed by atoms with E-state index < -0.39 is 29.6 Å². The highest BCUT2D eigenvalue weighted by Crippen LogP contribution is 2.30. The summed E-state index contributed by atoms with van der Waals surface area (Å²) in [5, 5.41) is 27.1. The third-order valence-corrected chi connectivity index (χ3v) is 6.67. The number of benzene rings is 3. The standard InChI is InChI=1S/C30H29F4N3O4/c1-17(35-16-26(39)22-6-9-25(38)29-23(22)7-10-27(40)37-29)11-18-3-2-4-19(12-18)13-28(41)36-15-20-14-21(30(32,33)34)5-8-24(20)31/h2-10,12,14,17,26,35,38-39H,11,13,15-16H2,1H3,(H,36,41)(H,37,40)/t17-,26+/m1/s1. The predicted molar refractivity (Wildman–Crippen MR) is 146 cm³/mol. The Morgan fingerprint density at radius 2 is 1.78 bits per heavy atom. The van der Waals surface area contributed by atoms with Crippen LogP contribution in [-0.2, 0) is 30.4 Å². The molecule has 11 heteroatoms. The van der Waals surface area contributed by atoms with Gasteiger partial charge < -0.3 is 25.8 Å². The molecule has 1 heterocycles. The first kappa shape index (κ1) is 29.8. The van der Waals surface area contributed by atoms with Crippen molar-refractivity contribution in [1.82, 2.24) is 15.6 Å². The summed E-state index contributed by atoms with van der Waals surface area (Å²) in [7, 11) is 0. The van der Waals surface area contributed by atoms with Crippen LogP contribution in [0.15, 0.2) is 71.5 Å². The van der Waals surface area contributed by atoms with E-state index in [2.05, 4.69) is 15.6 Å². The number of pyridine rings is 1. The minimum Gasteiger partial charge on any atom is -0.506 e. The number of alkyl halides is 3. The molecule has 0 fully saturated rings. The monoisotopic (exact) mass is 571 g/mol. The van der Waals surface area contributed by atoms with Crippen molar-refractivity contribution in [3.8, 4) is 5.75 Å². The van der Waals surface area contributed by atoms with Gasteiger partial charge in [-0.05, 0) is 60.4 Å². The van der Waals surface area contributed by atoms with E-state index in [9.17, 15) is 37.4 Å². The van der Waals surface area contributed by atoms with Gasteiger partial charge in [0.2, 0.25) is 11.5 Å². The Hall–Kier alpha value is -4.22. The average Bonchev–Trinajstić information content (AvgIpc) is 2.91.